The first-order valence-corrected chi connectivity index (χ1v) is 13.9. The van der Waals surface area contributed by atoms with Crippen LogP contribution in [0.15, 0.2) is 46.2 Å². The Morgan fingerprint density at radius 2 is 1.90 bits per heavy atom. The minimum absolute atomic E-state index is 0.0539. The lowest BCUT2D eigenvalue weighted by Gasteiger charge is -2.12. The minimum atomic E-state index is -4.98. The third kappa shape index (κ3) is 6.35. The van der Waals surface area contributed by atoms with Crippen LogP contribution in [0.1, 0.15) is 38.3 Å². The Balaban J connectivity index is 1.84. The fourth-order valence-corrected chi connectivity index (χ4v) is 4.41. The van der Waals surface area contributed by atoms with E-state index in [1.165, 1.54) is 39.8 Å². The maximum absolute atomic E-state index is 13.8. The molecular weight excluding hydrogens is 569 g/mol. The molecule has 0 spiro atoms. The molecule has 17 heteroatoms. The molecule has 0 aliphatic heterocycles. The van der Waals surface area contributed by atoms with E-state index in [2.05, 4.69) is 14.6 Å². The number of hydrogen-bond acceptors (Lipinski definition) is 8. The fourth-order valence-electron chi connectivity index (χ4n) is 4.22. The number of fused-ring (bicyclic) bond motifs is 1. The molecule has 1 aromatic carbocycles. The molecule has 0 atom stereocenters. The Morgan fingerprint density at radius 1 is 1.17 bits per heavy atom. The number of aryl methyl sites for hydroxylation is 1. The van der Waals surface area contributed by atoms with Crippen LogP contribution in [0.4, 0.5) is 13.6 Å². The first-order chi connectivity index (χ1) is 19.2. The Morgan fingerprint density at radius 3 is 2.54 bits per heavy atom. The summed E-state index contributed by atoms with van der Waals surface area (Å²) in [5.74, 6) is -3.20. The van der Waals surface area contributed by atoms with Crippen LogP contribution in [0.5, 0.6) is 0 Å². The zero-order valence-electron chi connectivity index (χ0n) is 22.2. The summed E-state index contributed by atoms with van der Waals surface area (Å²) in [6.45, 7) is 3.29. The number of rotatable bonds is 10. The number of halogens is 2. The molecule has 41 heavy (non-hydrogen) atoms. The van der Waals surface area contributed by atoms with Crippen LogP contribution in [0, 0.1) is 0 Å². The van der Waals surface area contributed by atoms with Crippen LogP contribution in [0.25, 0.3) is 22.6 Å². The minimum Gasteiger partial charge on any atom is -0.421 e. The number of carbonyl (C=O) groups is 1. The second-order valence-electron chi connectivity index (χ2n) is 9.09. The van der Waals surface area contributed by atoms with E-state index < -0.39 is 37.9 Å². The van der Waals surface area contributed by atoms with Crippen LogP contribution < -0.4 is 11.2 Å². The van der Waals surface area contributed by atoms with Crippen LogP contribution >= 0.6 is 7.82 Å². The number of imidazole rings is 1. The van der Waals surface area contributed by atoms with Crippen molar-refractivity contribution in [3.63, 3.8) is 0 Å². The van der Waals surface area contributed by atoms with Crippen molar-refractivity contribution in [1.29, 1.82) is 0 Å². The number of alkyl halides is 2. The Kier molecular flexibility index (Phi) is 8.40. The van der Waals surface area contributed by atoms with Crippen molar-refractivity contribution in [2.75, 3.05) is 6.79 Å². The van der Waals surface area contributed by atoms with E-state index >= 15 is 0 Å². The molecule has 0 saturated heterocycles. The summed E-state index contributed by atoms with van der Waals surface area (Å²) in [4.78, 5) is 61.8. The van der Waals surface area contributed by atoms with Gasteiger partial charge in [0, 0.05) is 31.8 Å². The number of hydrogen-bond donors (Lipinski definition) is 2. The van der Waals surface area contributed by atoms with Crippen molar-refractivity contribution in [3.8, 4) is 11.4 Å². The van der Waals surface area contributed by atoms with Crippen molar-refractivity contribution in [2.24, 2.45) is 0 Å². The summed E-state index contributed by atoms with van der Waals surface area (Å²) < 4.78 is 52.0. The van der Waals surface area contributed by atoms with Gasteiger partial charge in [0.2, 0.25) is 6.79 Å². The molecule has 4 aromatic rings. The molecule has 2 N–H and O–H groups in total. The highest BCUT2D eigenvalue weighted by Crippen LogP contribution is 2.35. The third-order valence-electron chi connectivity index (χ3n) is 6.04. The third-order valence-corrected chi connectivity index (χ3v) is 6.49. The largest absolute Gasteiger partial charge is 0.472 e. The van der Waals surface area contributed by atoms with Crippen molar-refractivity contribution in [2.45, 2.75) is 52.7 Å². The van der Waals surface area contributed by atoms with Gasteiger partial charge in [-0.15, -0.1) is 0 Å². The molecule has 3 heterocycles. The van der Waals surface area contributed by atoms with E-state index in [1.807, 2.05) is 0 Å². The smallest absolute Gasteiger partial charge is 0.421 e. The van der Waals surface area contributed by atoms with Gasteiger partial charge in [-0.3, -0.25) is 18.6 Å². The van der Waals surface area contributed by atoms with E-state index in [1.54, 1.807) is 19.9 Å². The summed E-state index contributed by atoms with van der Waals surface area (Å²) in [5.41, 5.74) is -1.35. The first kappa shape index (κ1) is 30.0. The van der Waals surface area contributed by atoms with Crippen LogP contribution in [0.2, 0.25) is 0 Å². The molecule has 0 aliphatic carbocycles. The zero-order valence-corrected chi connectivity index (χ0v) is 23.1. The summed E-state index contributed by atoms with van der Waals surface area (Å²) in [6, 6.07) is 5.78. The highest BCUT2D eigenvalue weighted by atomic mass is 31.2. The summed E-state index contributed by atoms with van der Waals surface area (Å²) >= 11 is 0. The molecule has 0 aliphatic rings. The first-order valence-electron chi connectivity index (χ1n) is 12.4. The second kappa shape index (κ2) is 11.5. The van der Waals surface area contributed by atoms with Crippen LogP contribution in [-0.2, 0) is 39.4 Å². The van der Waals surface area contributed by atoms with Crippen molar-refractivity contribution >= 4 is 25.1 Å². The fraction of sp³-hybridized carbons (Fsp3) is 0.375. The number of phosphoric acid groups is 1. The highest BCUT2D eigenvalue weighted by molar-refractivity contribution is 7.46. The van der Waals surface area contributed by atoms with Gasteiger partial charge in [-0.25, -0.2) is 37.0 Å². The van der Waals surface area contributed by atoms with E-state index in [0.29, 0.717) is 12.0 Å². The monoisotopic (exact) mass is 596 g/mol. The van der Waals surface area contributed by atoms with Gasteiger partial charge in [0.05, 0.1) is 18.3 Å². The summed E-state index contributed by atoms with van der Waals surface area (Å²) in [6.07, 6.45) is 1.94. The molecule has 14 nitrogen and oxygen atoms in total. The molecule has 0 fully saturated rings. The predicted octanol–water partition coefficient (Wildman–Crippen LogP) is 2.86. The second-order valence-corrected chi connectivity index (χ2v) is 10.3. The lowest BCUT2D eigenvalue weighted by molar-refractivity contribution is 0.0173. The molecule has 0 bridgehead atoms. The maximum Gasteiger partial charge on any atom is 0.472 e. The number of carbonyl (C=O) groups excluding carboxylic acids is 1. The number of ether oxygens (including phenoxy) is 1. The lowest BCUT2D eigenvalue weighted by atomic mass is 10.1. The molecule has 0 amide bonds. The van der Waals surface area contributed by atoms with Gasteiger partial charge in [-0.05, 0) is 25.0 Å². The summed E-state index contributed by atoms with van der Waals surface area (Å²) in [5, 5.41) is 4.22. The van der Waals surface area contributed by atoms with Crippen LogP contribution in [-0.4, -0.2) is 51.1 Å². The molecule has 220 valence electrons. The van der Waals surface area contributed by atoms with Crippen molar-refractivity contribution < 1.29 is 37.2 Å². The van der Waals surface area contributed by atoms with Crippen LogP contribution in [0.3, 0.4) is 0 Å². The Hall–Kier alpha value is -3.98. The van der Waals surface area contributed by atoms with E-state index in [0.717, 1.165) is 16.1 Å². The standard InChI is InChI=1S/C24H27F2N6O8P/c1-4-9-31-21(33)18-20(30(5-2)22(31)34)28-19(32(18)23(35)39-14-40-41(36,37)38)16-11-27-29(13-16)12-15-7-6-8-17(10-15)24(3,25)26/h6-8,10-11,13H,4-5,9,12,14H2,1-3H3,(H2,36,37,38). The normalized spacial score (nSPS) is 12.3. The zero-order chi connectivity index (χ0) is 30.1. The molecular formula is C24H27F2N6O8P. The molecule has 3 aromatic heterocycles. The topological polar surface area (TPSA) is 173 Å². The van der Waals surface area contributed by atoms with E-state index in [4.69, 9.17) is 14.5 Å². The van der Waals surface area contributed by atoms with Crippen molar-refractivity contribution in [1.82, 2.24) is 28.5 Å². The van der Waals surface area contributed by atoms with Gasteiger partial charge in [-0.2, -0.15) is 5.10 Å². The highest BCUT2D eigenvalue weighted by Gasteiger charge is 2.28. The predicted molar refractivity (Wildman–Crippen MR) is 140 cm³/mol. The van der Waals surface area contributed by atoms with Gasteiger partial charge in [0.1, 0.15) is 0 Å². The number of aromatic nitrogens is 6. The lowest BCUT2D eigenvalue weighted by Crippen LogP contribution is -2.40. The van der Waals surface area contributed by atoms with E-state index in [9.17, 15) is 27.7 Å². The molecule has 4 rings (SSSR count). The maximum atomic E-state index is 13.8. The SMILES string of the molecule is CCCn1c(=O)c2c(nc(-c3cnn(Cc4cccc(C(C)(F)F)c4)c3)n2C(=O)OCOP(=O)(O)O)n(CC)c1=O. The molecule has 0 unspecified atom stereocenters. The van der Waals surface area contributed by atoms with Gasteiger partial charge < -0.3 is 14.5 Å². The number of nitrogens with zero attached hydrogens (tertiary/aromatic N) is 6. The number of benzene rings is 1. The molecule has 0 saturated carbocycles. The Bertz CT molecular complexity index is 1760. The molecule has 0 radical (unpaired) electrons. The van der Waals surface area contributed by atoms with Gasteiger partial charge in [0.15, 0.2) is 17.0 Å². The summed E-state index contributed by atoms with van der Waals surface area (Å²) in [7, 11) is -4.98. The van der Waals surface area contributed by atoms with Gasteiger partial charge in [-0.1, -0.05) is 25.1 Å². The van der Waals surface area contributed by atoms with E-state index in [-0.39, 0.29) is 47.7 Å². The average Bonchev–Trinajstić information content (AvgIpc) is 3.51. The van der Waals surface area contributed by atoms with Gasteiger partial charge >= 0.3 is 19.6 Å². The quantitative estimate of drug-likeness (QED) is 0.205. The number of phosphoric ester groups is 1. The van der Waals surface area contributed by atoms with Crippen molar-refractivity contribution in [3.05, 3.63) is 68.6 Å². The van der Waals surface area contributed by atoms with Gasteiger partial charge in [0.25, 0.3) is 11.5 Å². The Labute approximate surface area is 230 Å². The average molecular weight is 596 g/mol.